The predicted octanol–water partition coefficient (Wildman–Crippen LogP) is 4.58. The van der Waals surface area contributed by atoms with Crippen molar-refractivity contribution in [1.29, 1.82) is 0 Å². The summed E-state index contributed by atoms with van der Waals surface area (Å²) in [5, 5.41) is 1.90. The van der Waals surface area contributed by atoms with E-state index in [0.29, 0.717) is 6.07 Å². The molecule has 2 aromatic carbocycles. The first-order valence-corrected chi connectivity index (χ1v) is 6.49. The quantitative estimate of drug-likeness (QED) is 0.479. The monoisotopic (exact) mass is 369 g/mol. The second-order valence-electron chi connectivity index (χ2n) is 4.85. The van der Waals surface area contributed by atoms with Crippen LogP contribution < -0.4 is 5.32 Å². The van der Waals surface area contributed by atoms with Crippen LogP contribution in [0.5, 0.6) is 0 Å². The molecule has 1 N–H and O–H groups in total. The minimum Gasteiger partial charge on any atom is -0.326 e. The molecule has 1 amide bonds. The number of benzene rings is 2. The lowest BCUT2D eigenvalue weighted by Gasteiger charge is -2.11. The zero-order valence-electron chi connectivity index (χ0n) is 11.9. The van der Waals surface area contributed by atoms with Crippen molar-refractivity contribution in [3.8, 4) is 0 Å². The molecule has 25 heavy (non-hydrogen) atoms. The molecule has 0 saturated heterocycles. The zero-order valence-corrected chi connectivity index (χ0v) is 11.9. The molecule has 0 atom stereocenters. The molecule has 0 aliphatic rings. The fourth-order valence-electron chi connectivity index (χ4n) is 1.94. The Bertz CT molecular complexity index is 802. The summed E-state index contributed by atoms with van der Waals surface area (Å²) in [7, 11) is 0. The van der Waals surface area contributed by atoms with Crippen molar-refractivity contribution in [1.82, 2.24) is 0 Å². The highest BCUT2D eigenvalue weighted by atomic mass is 19.4. The number of anilines is 1. The van der Waals surface area contributed by atoms with E-state index in [0.717, 1.165) is 18.2 Å². The molecule has 0 heterocycles. The first kappa shape index (κ1) is 18.7. The molecule has 0 bridgehead atoms. The first-order chi connectivity index (χ1) is 11.5. The number of rotatable bonds is 3. The number of hydrogen-bond donors (Lipinski definition) is 1. The van der Waals surface area contributed by atoms with Crippen molar-refractivity contribution in [3.63, 3.8) is 0 Å². The highest BCUT2D eigenvalue weighted by Gasteiger charge is 2.31. The fraction of sp³-hybridized carbons (Fsp3) is 0.133. The molecule has 10 heteroatoms. The van der Waals surface area contributed by atoms with Gasteiger partial charge in [-0.3, -0.25) is 4.79 Å². The summed E-state index contributed by atoms with van der Waals surface area (Å²) < 4.78 is 104. The minimum absolute atomic E-state index is 0.358. The zero-order chi connectivity index (χ0) is 18.9. The molecular formula is C15H7F8NO. The van der Waals surface area contributed by atoms with Crippen molar-refractivity contribution >= 4 is 11.6 Å². The maximum atomic E-state index is 13.5. The summed E-state index contributed by atoms with van der Waals surface area (Å²) in [4.78, 5) is 11.7. The lowest BCUT2D eigenvalue weighted by atomic mass is 10.1. The molecule has 0 radical (unpaired) electrons. The van der Waals surface area contributed by atoms with Gasteiger partial charge in [-0.15, -0.1) is 0 Å². The third-order valence-corrected chi connectivity index (χ3v) is 3.11. The Labute approximate surface area is 135 Å². The molecule has 2 aromatic rings. The number of hydrogen-bond acceptors (Lipinski definition) is 1. The molecule has 2 rings (SSSR count). The van der Waals surface area contributed by atoms with Crippen LogP contribution in [0.4, 0.5) is 40.8 Å². The van der Waals surface area contributed by atoms with Crippen LogP contribution in [0.15, 0.2) is 24.3 Å². The smallest absolute Gasteiger partial charge is 0.326 e. The fourth-order valence-corrected chi connectivity index (χ4v) is 1.94. The van der Waals surface area contributed by atoms with Crippen LogP contribution in [-0.2, 0) is 17.4 Å². The average Bonchev–Trinajstić information content (AvgIpc) is 2.54. The molecule has 2 nitrogen and oxygen atoms in total. The van der Waals surface area contributed by atoms with E-state index in [1.54, 1.807) is 0 Å². The Morgan fingerprint density at radius 2 is 1.40 bits per heavy atom. The van der Waals surface area contributed by atoms with E-state index in [1.165, 1.54) is 0 Å². The number of amides is 1. The van der Waals surface area contributed by atoms with Crippen LogP contribution in [0.25, 0.3) is 0 Å². The van der Waals surface area contributed by atoms with Gasteiger partial charge in [0.25, 0.3) is 0 Å². The van der Waals surface area contributed by atoms with Gasteiger partial charge in [-0.1, -0.05) is 6.07 Å². The summed E-state index contributed by atoms with van der Waals surface area (Å²) in [6.07, 6.45) is -5.95. The van der Waals surface area contributed by atoms with Crippen LogP contribution in [-0.4, -0.2) is 5.91 Å². The van der Waals surface area contributed by atoms with E-state index in [1.807, 2.05) is 5.32 Å². The summed E-state index contributed by atoms with van der Waals surface area (Å²) in [6, 6.07) is 3.30. The van der Waals surface area contributed by atoms with Crippen LogP contribution in [0.3, 0.4) is 0 Å². The number of alkyl halides is 3. The maximum Gasteiger partial charge on any atom is 0.416 e. The van der Waals surface area contributed by atoms with Gasteiger partial charge in [0, 0.05) is 11.3 Å². The highest BCUT2D eigenvalue weighted by Crippen LogP contribution is 2.30. The molecule has 0 unspecified atom stereocenters. The van der Waals surface area contributed by atoms with Crippen LogP contribution in [0.2, 0.25) is 0 Å². The third-order valence-electron chi connectivity index (χ3n) is 3.11. The molecule has 0 aromatic heterocycles. The molecule has 0 aliphatic carbocycles. The predicted molar refractivity (Wildman–Crippen MR) is 70.0 cm³/mol. The van der Waals surface area contributed by atoms with E-state index >= 15 is 0 Å². The minimum atomic E-state index is -4.69. The Kier molecular flexibility index (Phi) is 5.00. The van der Waals surface area contributed by atoms with Gasteiger partial charge in [-0.25, -0.2) is 22.0 Å². The molecular weight excluding hydrogens is 362 g/mol. The maximum absolute atomic E-state index is 13.5. The molecule has 0 spiro atoms. The second-order valence-corrected chi connectivity index (χ2v) is 4.85. The summed E-state index contributed by atoms with van der Waals surface area (Å²) in [6.45, 7) is 0. The van der Waals surface area contributed by atoms with E-state index < -0.39 is 58.7 Å². The lowest BCUT2D eigenvalue weighted by molar-refractivity contribution is -0.137. The van der Waals surface area contributed by atoms with Crippen LogP contribution >= 0.6 is 0 Å². The van der Waals surface area contributed by atoms with Gasteiger partial charge in [0.2, 0.25) is 11.7 Å². The standard InChI is InChI=1S/C15H7F8NO/c16-10-8(11(17)13(19)14(20)12(10)18)5-9(25)24-7-3-1-2-6(4-7)15(21,22)23/h1-4H,5H2,(H,24,25). The Morgan fingerprint density at radius 3 is 1.92 bits per heavy atom. The third kappa shape index (κ3) is 3.89. The SMILES string of the molecule is O=C(Cc1c(F)c(F)c(F)c(F)c1F)Nc1cccc(C(F)(F)F)c1. The Balaban J connectivity index is 2.25. The van der Waals surface area contributed by atoms with Crippen molar-refractivity contribution in [3.05, 3.63) is 64.5 Å². The van der Waals surface area contributed by atoms with E-state index in [4.69, 9.17) is 0 Å². The Hall–Kier alpha value is -2.65. The van der Waals surface area contributed by atoms with Crippen LogP contribution in [0, 0.1) is 29.1 Å². The van der Waals surface area contributed by atoms with Gasteiger partial charge in [-0.05, 0) is 18.2 Å². The van der Waals surface area contributed by atoms with Gasteiger partial charge < -0.3 is 5.32 Å². The first-order valence-electron chi connectivity index (χ1n) is 6.49. The van der Waals surface area contributed by atoms with Crippen LogP contribution in [0.1, 0.15) is 11.1 Å². The summed E-state index contributed by atoms with van der Waals surface area (Å²) in [5.41, 5.74) is -2.84. The summed E-state index contributed by atoms with van der Waals surface area (Å²) in [5.74, 6) is -12.5. The normalized spacial score (nSPS) is 11.5. The van der Waals surface area contributed by atoms with Crippen molar-refractivity contribution < 1.29 is 39.9 Å². The highest BCUT2D eigenvalue weighted by molar-refractivity contribution is 5.92. The van der Waals surface area contributed by atoms with Gasteiger partial charge in [-0.2, -0.15) is 13.2 Å². The van der Waals surface area contributed by atoms with Gasteiger partial charge in [0.1, 0.15) is 0 Å². The molecule has 0 saturated carbocycles. The van der Waals surface area contributed by atoms with Gasteiger partial charge in [0.05, 0.1) is 12.0 Å². The molecule has 0 fully saturated rings. The Morgan fingerprint density at radius 1 is 0.880 bits per heavy atom. The number of carbonyl (C=O) groups excluding carboxylic acids is 1. The van der Waals surface area contributed by atoms with E-state index in [2.05, 4.69) is 0 Å². The number of halogens is 8. The second kappa shape index (κ2) is 6.69. The van der Waals surface area contributed by atoms with Crippen molar-refractivity contribution in [2.24, 2.45) is 0 Å². The number of nitrogens with one attached hydrogen (secondary N) is 1. The van der Waals surface area contributed by atoms with Gasteiger partial charge >= 0.3 is 6.18 Å². The average molecular weight is 369 g/mol. The number of carbonyl (C=O) groups is 1. The largest absolute Gasteiger partial charge is 0.416 e. The van der Waals surface area contributed by atoms with E-state index in [-0.39, 0.29) is 5.69 Å². The lowest BCUT2D eigenvalue weighted by Crippen LogP contribution is -2.18. The van der Waals surface area contributed by atoms with E-state index in [9.17, 15) is 39.9 Å². The molecule has 0 aliphatic heterocycles. The molecule has 134 valence electrons. The topological polar surface area (TPSA) is 29.1 Å². The van der Waals surface area contributed by atoms with Gasteiger partial charge in [0.15, 0.2) is 23.3 Å². The van der Waals surface area contributed by atoms with Crippen molar-refractivity contribution in [2.75, 3.05) is 5.32 Å². The van der Waals surface area contributed by atoms with Crippen molar-refractivity contribution in [2.45, 2.75) is 12.6 Å². The summed E-state index contributed by atoms with van der Waals surface area (Å²) >= 11 is 0.